The number of nitriles is 1. The first-order valence-corrected chi connectivity index (χ1v) is 6.40. The molecule has 1 N–H and O–H groups in total. The highest BCUT2D eigenvalue weighted by molar-refractivity contribution is 9.10. The lowest BCUT2D eigenvalue weighted by atomic mass is 10.2. The van der Waals surface area contributed by atoms with Gasteiger partial charge in [-0.15, -0.1) is 0 Å². The lowest BCUT2D eigenvalue weighted by Crippen LogP contribution is -2.00. The Morgan fingerprint density at radius 3 is 2.45 bits per heavy atom. The number of anilines is 2. The summed E-state index contributed by atoms with van der Waals surface area (Å²) in [5, 5.41) is 11.2. The van der Waals surface area contributed by atoms with Crippen LogP contribution in [0.2, 0.25) is 5.02 Å². The second-order valence-electron chi connectivity index (χ2n) is 3.77. The van der Waals surface area contributed by atoms with Crippen LogP contribution in [-0.4, -0.2) is 0 Å². The van der Waals surface area contributed by atoms with E-state index in [1.165, 1.54) is 12.1 Å². The summed E-state index contributed by atoms with van der Waals surface area (Å²) in [4.78, 5) is 0. The van der Waals surface area contributed by atoms with Gasteiger partial charge in [0.15, 0.2) is 11.6 Å². The van der Waals surface area contributed by atoms with Gasteiger partial charge in [-0.2, -0.15) is 5.26 Å². The predicted molar refractivity (Wildman–Crippen MR) is 73.5 cm³/mol. The third kappa shape index (κ3) is 2.74. The Morgan fingerprint density at radius 2 is 1.85 bits per heavy atom. The maximum Gasteiger partial charge on any atom is 0.183 e. The molecule has 0 radical (unpaired) electrons. The number of hydrogen-bond donors (Lipinski definition) is 1. The summed E-state index contributed by atoms with van der Waals surface area (Å²) in [6.07, 6.45) is 0. The zero-order valence-electron chi connectivity index (χ0n) is 9.65. The highest BCUT2D eigenvalue weighted by atomic mass is 79.9. The van der Waals surface area contributed by atoms with E-state index in [1.54, 1.807) is 0 Å². The van der Waals surface area contributed by atoms with Gasteiger partial charge in [0.25, 0.3) is 0 Å². The molecule has 0 saturated heterocycles. The van der Waals surface area contributed by atoms with Gasteiger partial charge in [-0.05, 0) is 40.2 Å². The summed E-state index contributed by atoms with van der Waals surface area (Å²) >= 11 is 8.91. The second kappa shape index (κ2) is 5.73. The molecule has 0 bridgehead atoms. The van der Waals surface area contributed by atoms with Gasteiger partial charge < -0.3 is 5.32 Å². The Kier molecular flexibility index (Phi) is 4.21. The highest BCUT2D eigenvalue weighted by Gasteiger charge is 2.16. The molecule has 0 heterocycles. The summed E-state index contributed by atoms with van der Waals surface area (Å²) in [5.41, 5.74) is -0.427. The molecule has 20 heavy (non-hydrogen) atoms. The average Bonchev–Trinajstić information content (AvgIpc) is 2.38. The molecule has 0 spiro atoms. The quantitative estimate of drug-likeness (QED) is 0.804. The van der Waals surface area contributed by atoms with Gasteiger partial charge >= 0.3 is 0 Å². The number of nitrogens with zero attached hydrogens (tertiary/aromatic N) is 1. The van der Waals surface area contributed by atoms with Gasteiger partial charge in [-0.25, -0.2) is 13.2 Å². The fourth-order valence-corrected chi connectivity index (χ4v) is 2.43. The predicted octanol–water partition coefficient (Wildman–Crippen LogP) is 5.14. The van der Waals surface area contributed by atoms with E-state index in [1.807, 2.05) is 0 Å². The Hall–Kier alpha value is -1.71. The van der Waals surface area contributed by atoms with E-state index < -0.39 is 23.0 Å². The largest absolute Gasteiger partial charge is 0.351 e. The van der Waals surface area contributed by atoms with E-state index in [0.29, 0.717) is 0 Å². The Balaban J connectivity index is 2.47. The van der Waals surface area contributed by atoms with E-state index in [9.17, 15) is 13.2 Å². The summed E-state index contributed by atoms with van der Waals surface area (Å²) in [6.45, 7) is 0. The van der Waals surface area contributed by atoms with E-state index >= 15 is 0 Å². The Morgan fingerprint density at radius 1 is 1.15 bits per heavy atom. The molecule has 0 aliphatic heterocycles. The monoisotopic (exact) mass is 360 g/mol. The molecule has 2 aromatic rings. The fourth-order valence-electron chi connectivity index (χ4n) is 1.53. The van der Waals surface area contributed by atoms with Crippen molar-refractivity contribution in [1.82, 2.24) is 0 Å². The minimum atomic E-state index is -1.26. The number of rotatable bonds is 2. The third-order valence-corrected chi connectivity index (χ3v) is 3.39. The molecular weight excluding hydrogens is 357 g/mol. The Bertz CT molecular complexity index is 705. The molecule has 0 aromatic heterocycles. The summed E-state index contributed by atoms with van der Waals surface area (Å²) < 4.78 is 40.6. The molecule has 0 fully saturated rings. The maximum atomic E-state index is 13.8. The molecule has 2 rings (SSSR count). The third-order valence-electron chi connectivity index (χ3n) is 2.47. The first-order valence-electron chi connectivity index (χ1n) is 5.23. The van der Waals surface area contributed by atoms with Gasteiger partial charge in [-0.1, -0.05) is 11.6 Å². The van der Waals surface area contributed by atoms with Crippen LogP contribution in [0.3, 0.4) is 0 Å². The van der Waals surface area contributed by atoms with Gasteiger partial charge in [-0.3, -0.25) is 0 Å². The molecule has 2 nitrogen and oxygen atoms in total. The van der Waals surface area contributed by atoms with Crippen LogP contribution in [0.4, 0.5) is 24.5 Å². The van der Waals surface area contributed by atoms with Crippen molar-refractivity contribution in [1.29, 1.82) is 5.26 Å². The standard InChI is InChI=1S/C13H5BrClF3N2/c14-8-3-7(16)4-9(15)13(8)20-10-2-1-6(5-19)11(17)12(10)18/h1-4,20H. The van der Waals surface area contributed by atoms with Crippen molar-refractivity contribution in [3.8, 4) is 6.07 Å². The van der Waals surface area contributed by atoms with Crippen LogP contribution in [0, 0.1) is 28.8 Å². The second-order valence-corrected chi connectivity index (χ2v) is 5.03. The maximum absolute atomic E-state index is 13.8. The highest BCUT2D eigenvalue weighted by Crippen LogP contribution is 2.35. The summed E-state index contributed by atoms with van der Waals surface area (Å²) in [6, 6.07) is 6.02. The molecule has 0 aliphatic rings. The van der Waals surface area contributed by atoms with Crippen LogP contribution in [0.25, 0.3) is 0 Å². The van der Waals surface area contributed by atoms with Gasteiger partial charge in [0, 0.05) is 4.47 Å². The van der Waals surface area contributed by atoms with Crippen LogP contribution in [0.15, 0.2) is 28.7 Å². The zero-order chi connectivity index (χ0) is 14.9. The van der Waals surface area contributed by atoms with Crippen molar-refractivity contribution in [2.45, 2.75) is 0 Å². The van der Waals surface area contributed by atoms with Crippen molar-refractivity contribution in [2.75, 3.05) is 5.32 Å². The first-order chi connectivity index (χ1) is 9.43. The molecule has 0 aliphatic carbocycles. The topological polar surface area (TPSA) is 35.8 Å². The Labute approximate surface area is 125 Å². The smallest absolute Gasteiger partial charge is 0.183 e. The van der Waals surface area contributed by atoms with Crippen molar-refractivity contribution >= 4 is 38.9 Å². The van der Waals surface area contributed by atoms with E-state index in [0.717, 1.165) is 18.2 Å². The van der Waals surface area contributed by atoms with Crippen LogP contribution in [0.5, 0.6) is 0 Å². The van der Waals surface area contributed by atoms with Crippen molar-refractivity contribution in [3.05, 3.63) is 56.8 Å². The van der Waals surface area contributed by atoms with Crippen LogP contribution < -0.4 is 5.32 Å². The van der Waals surface area contributed by atoms with Crippen LogP contribution in [0.1, 0.15) is 5.56 Å². The summed E-state index contributed by atoms with van der Waals surface area (Å²) in [7, 11) is 0. The fraction of sp³-hybridized carbons (Fsp3) is 0. The zero-order valence-corrected chi connectivity index (χ0v) is 12.0. The van der Waals surface area contributed by atoms with Crippen molar-refractivity contribution in [2.24, 2.45) is 0 Å². The summed E-state index contributed by atoms with van der Waals surface area (Å²) in [5.74, 6) is -3.04. The van der Waals surface area contributed by atoms with E-state index in [4.69, 9.17) is 16.9 Å². The van der Waals surface area contributed by atoms with Crippen molar-refractivity contribution < 1.29 is 13.2 Å². The minimum absolute atomic E-state index is 0.000966. The molecule has 0 amide bonds. The lowest BCUT2D eigenvalue weighted by Gasteiger charge is -2.12. The van der Waals surface area contributed by atoms with Gasteiger partial charge in [0.1, 0.15) is 11.9 Å². The number of hydrogen-bond acceptors (Lipinski definition) is 2. The molecule has 7 heteroatoms. The number of halogens is 5. The normalized spacial score (nSPS) is 10.2. The van der Waals surface area contributed by atoms with Gasteiger partial charge in [0.2, 0.25) is 0 Å². The van der Waals surface area contributed by atoms with E-state index in [2.05, 4.69) is 21.2 Å². The molecule has 0 saturated carbocycles. The molecule has 0 atom stereocenters. The lowest BCUT2D eigenvalue weighted by molar-refractivity contribution is 0.509. The van der Waals surface area contributed by atoms with Gasteiger partial charge in [0.05, 0.1) is 22.0 Å². The first kappa shape index (κ1) is 14.7. The average molecular weight is 362 g/mol. The SMILES string of the molecule is N#Cc1ccc(Nc2c(Cl)cc(F)cc2Br)c(F)c1F. The molecule has 2 aromatic carbocycles. The van der Waals surface area contributed by atoms with Crippen molar-refractivity contribution in [3.63, 3.8) is 0 Å². The van der Waals surface area contributed by atoms with Crippen LogP contribution >= 0.6 is 27.5 Å². The van der Waals surface area contributed by atoms with E-state index in [-0.39, 0.29) is 20.9 Å². The van der Waals surface area contributed by atoms with Crippen LogP contribution in [-0.2, 0) is 0 Å². The molecule has 0 unspecified atom stereocenters. The number of benzene rings is 2. The minimum Gasteiger partial charge on any atom is -0.351 e. The molecular formula is C13H5BrClF3N2. The number of nitrogens with one attached hydrogen (secondary N) is 1. The molecule has 102 valence electrons.